The Balaban J connectivity index is 1.57. The molecule has 0 aliphatic carbocycles. The summed E-state index contributed by atoms with van der Waals surface area (Å²) in [7, 11) is 0. The summed E-state index contributed by atoms with van der Waals surface area (Å²) in [4.78, 5) is 0. The number of fused-ring (bicyclic) bond motifs is 1. The molecular weight excluding hydrogens is 320 g/mol. The fourth-order valence-electron chi connectivity index (χ4n) is 2.08. The molecule has 0 atom stereocenters. The van der Waals surface area contributed by atoms with Gasteiger partial charge in [0.05, 0.1) is 0 Å². The second-order valence-corrected chi connectivity index (χ2v) is 5.77. The summed E-state index contributed by atoms with van der Waals surface area (Å²) in [5.74, 6) is 1.54. The van der Waals surface area contributed by atoms with E-state index in [1.807, 2.05) is 43.3 Å². The maximum atomic E-state index is 6.09. The highest BCUT2D eigenvalue weighted by atomic mass is 35.5. The van der Waals surface area contributed by atoms with Gasteiger partial charge >= 0.3 is 0 Å². The maximum absolute atomic E-state index is 6.09. The molecule has 3 rings (SSSR count). The van der Waals surface area contributed by atoms with E-state index < -0.39 is 0 Å². The molecule has 0 saturated heterocycles. The van der Waals surface area contributed by atoms with Gasteiger partial charge in [-0.1, -0.05) is 23.7 Å². The van der Waals surface area contributed by atoms with Crippen LogP contribution in [0.25, 0.3) is 0 Å². The molecular formula is C16H15ClN2O2S. The van der Waals surface area contributed by atoms with Crippen LogP contribution in [0, 0.1) is 6.92 Å². The zero-order chi connectivity index (χ0) is 15.5. The van der Waals surface area contributed by atoms with Crippen LogP contribution >= 0.6 is 23.8 Å². The lowest BCUT2D eigenvalue weighted by molar-refractivity contribution is 0.174. The van der Waals surface area contributed by atoms with Crippen LogP contribution in [-0.4, -0.2) is 11.9 Å². The number of benzene rings is 2. The smallest absolute Gasteiger partial charge is 0.231 e. The van der Waals surface area contributed by atoms with E-state index in [0.29, 0.717) is 16.7 Å². The zero-order valence-corrected chi connectivity index (χ0v) is 13.6. The number of anilines is 1. The summed E-state index contributed by atoms with van der Waals surface area (Å²) in [5, 5.41) is 7.52. The van der Waals surface area contributed by atoms with Crippen LogP contribution in [0.1, 0.15) is 11.1 Å². The third-order valence-electron chi connectivity index (χ3n) is 3.32. The molecule has 6 heteroatoms. The van der Waals surface area contributed by atoms with E-state index in [1.165, 1.54) is 0 Å². The first-order valence-electron chi connectivity index (χ1n) is 6.81. The molecule has 0 bridgehead atoms. The number of ether oxygens (including phenoxy) is 2. The highest BCUT2D eigenvalue weighted by molar-refractivity contribution is 7.80. The summed E-state index contributed by atoms with van der Waals surface area (Å²) in [6.45, 7) is 2.84. The molecule has 2 aromatic rings. The summed E-state index contributed by atoms with van der Waals surface area (Å²) >= 11 is 11.4. The van der Waals surface area contributed by atoms with Crippen LogP contribution in [0.2, 0.25) is 5.02 Å². The van der Waals surface area contributed by atoms with Crippen LogP contribution in [0.3, 0.4) is 0 Å². The average Bonchev–Trinajstić information content (AvgIpc) is 2.96. The molecule has 114 valence electrons. The van der Waals surface area contributed by atoms with Crippen molar-refractivity contribution in [3.8, 4) is 11.5 Å². The lowest BCUT2D eigenvalue weighted by atomic mass is 10.2. The quantitative estimate of drug-likeness (QED) is 0.834. The second-order valence-electron chi connectivity index (χ2n) is 4.96. The topological polar surface area (TPSA) is 42.5 Å². The molecule has 0 amide bonds. The van der Waals surface area contributed by atoms with Crippen molar-refractivity contribution in [2.75, 3.05) is 12.1 Å². The van der Waals surface area contributed by atoms with Crippen molar-refractivity contribution in [2.45, 2.75) is 13.5 Å². The third kappa shape index (κ3) is 3.43. The van der Waals surface area contributed by atoms with Crippen molar-refractivity contribution < 1.29 is 9.47 Å². The molecule has 22 heavy (non-hydrogen) atoms. The summed E-state index contributed by atoms with van der Waals surface area (Å²) in [6.07, 6.45) is 0. The van der Waals surface area contributed by atoms with Crippen molar-refractivity contribution >= 4 is 34.6 Å². The van der Waals surface area contributed by atoms with E-state index in [9.17, 15) is 0 Å². The van der Waals surface area contributed by atoms with Gasteiger partial charge in [-0.2, -0.15) is 0 Å². The fourth-order valence-corrected chi connectivity index (χ4v) is 2.45. The Morgan fingerprint density at radius 3 is 2.82 bits per heavy atom. The van der Waals surface area contributed by atoms with Gasteiger partial charge in [0.15, 0.2) is 16.6 Å². The van der Waals surface area contributed by atoms with Gasteiger partial charge in [0.2, 0.25) is 6.79 Å². The molecule has 0 radical (unpaired) electrons. The average molecular weight is 335 g/mol. The van der Waals surface area contributed by atoms with Gasteiger partial charge in [-0.15, -0.1) is 0 Å². The molecule has 4 nitrogen and oxygen atoms in total. The predicted octanol–water partition coefficient (Wildman–Crippen LogP) is 3.86. The van der Waals surface area contributed by atoms with Crippen LogP contribution in [0.5, 0.6) is 11.5 Å². The van der Waals surface area contributed by atoms with Crippen LogP contribution < -0.4 is 20.1 Å². The first-order valence-corrected chi connectivity index (χ1v) is 7.60. The minimum Gasteiger partial charge on any atom is -0.454 e. The van der Waals surface area contributed by atoms with Gasteiger partial charge in [0.1, 0.15) is 0 Å². The van der Waals surface area contributed by atoms with Crippen LogP contribution in [0.15, 0.2) is 36.4 Å². The monoisotopic (exact) mass is 334 g/mol. The molecule has 0 aromatic heterocycles. The molecule has 0 fully saturated rings. The number of rotatable bonds is 3. The minimum atomic E-state index is 0.278. The molecule has 1 aliphatic heterocycles. The minimum absolute atomic E-state index is 0.278. The molecule has 1 heterocycles. The fraction of sp³-hybridized carbons (Fsp3) is 0.188. The molecule has 2 aromatic carbocycles. The van der Waals surface area contributed by atoms with E-state index in [0.717, 1.165) is 28.3 Å². The number of aryl methyl sites for hydroxylation is 1. The third-order valence-corrected chi connectivity index (χ3v) is 3.97. The zero-order valence-electron chi connectivity index (χ0n) is 12.0. The van der Waals surface area contributed by atoms with Crippen molar-refractivity contribution in [3.63, 3.8) is 0 Å². The lowest BCUT2D eigenvalue weighted by Crippen LogP contribution is -2.27. The van der Waals surface area contributed by atoms with Gasteiger partial charge in [0.25, 0.3) is 0 Å². The molecule has 0 unspecified atom stereocenters. The van der Waals surface area contributed by atoms with E-state index in [1.54, 1.807) is 0 Å². The number of hydrogen-bond acceptors (Lipinski definition) is 3. The Bertz CT molecular complexity index is 721. The predicted molar refractivity (Wildman–Crippen MR) is 91.8 cm³/mol. The van der Waals surface area contributed by atoms with Crippen molar-refractivity contribution in [1.29, 1.82) is 0 Å². The summed E-state index contributed by atoms with van der Waals surface area (Å²) in [5.41, 5.74) is 2.96. The van der Waals surface area contributed by atoms with Gasteiger partial charge in [-0.05, 0) is 54.5 Å². The molecule has 0 spiro atoms. The first kappa shape index (κ1) is 14.9. The number of nitrogens with one attached hydrogen (secondary N) is 2. The summed E-state index contributed by atoms with van der Waals surface area (Å²) in [6, 6.07) is 11.6. The number of thiocarbonyl (C=S) groups is 1. The Kier molecular flexibility index (Phi) is 4.36. The van der Waals surface area contributed by atoms with Crippen molar-refractivity contribution in [1.82, 2.24) is 5.32 Å². The van der Waals surface area contributed by atoms with E-state index in [2.05, 4.69) is 10.6 Å². The Labute approximate surface area is 139 Å². The SMILES string of the molecule is Cc1ccc(NC(=S)NCc2ccc3c(c2)OCO3)cc1Cl. The van der Waals surface area contributed by atoms with Gasteiger partial charge in [-0.25, -0.2) is 0 Å². The normalized spacial score (nSPS) is 12.1. The van der Waals surface area contributed by atoms with E-state index in [4.69, 9.17) is 33.3 Å². The standard InChI is InChI=1S/C16H15ClN2O2S/c1-10-2-4-12(7-13(10)17)19-16(22)18-8-11-3-5-14-15(6-11)21-9-20-14/h2-7H,8-9H2,1H3,(H2,18,19,22). The lowest BCUT2D eigenvalue weighted by Gasteiger charge is -2.11. The molecule has 1 aliphatic rings. The largest absolute Gasteiger partial charge is 0.454 e. The number of halogens is 1. The van der Waals surface area contributed by atoms with Crippen LogP contribution in [0.4, 0.5) is 5.69 Å². The second kappa shape index (κ2) is 6.42. The van der Waals surface area contributed by atoms with Gasteiger partial charge in [0, 0.05) is 17.3 Å². The van der Waals surface area contributed by atoms with Gasteiger partial charge < -0.3 is 20.1 Å². The van der Waals surface area contributed by atoms with E-state index in [-0.39, 0.29) is 6.79 Å². The highest BCUT2D eigenvalue weighted by Crippen LogP contribution is 2.32. The van der Waals surface area contributed by atoms with Crippen molar-refractivity contribution in [2.24, 2.45) is 0 Å². The molecule has 2 N–H and O–H groups in total. The Morgan fingerprint density at radius 1 is 1.18 bits per heavy atom. The summed E-state index contributed by atoms with van der Waals surface area (Å²) < 4.78 is 10.6. The van der Waals surface area contributed by atoms with E-state index >= 15 is 0 Å². The highest BCUT2D eigenvalue weighted by Gasteiger charge is 2.13. The molecule has 0 saturated carbocycles. The van der Waals surface area contributed by atoms with Crippen LogP contribution in [-0.2, 0) is 6.54 Å². The Hall–Kier alpha value is -1.98. The number of hydrogen-bond donors (Lipinski definition) is 2. The maximum Gasteiger partial charge on any atom is 0.231 e. The van der Waals surface area contributed by atoms with Gasteiger partial charge in [-0.3, -0.25) is 0 Å². The Morgan fingerprint density at radius 2 is 2.00 bits per heavy atom. The van der Waals surface area contributed by atoms with Crippen molar-refractivity contribution in [3.05, 3.63) is 52.5 Å². The first-order chi connectivity index (χ1) is 10.6.